The average Bonchev–Trinajstić information content (AvgIpc) is 2.94. The second-order valence-corrected chi connectivity index (χ2v) is 10.5. The van der Waals surface area contributed by atoms with Crippen LogP contribution in [0.15, 0.2) is 11.6 Å². The van der Waals surface area contributed by atoms with Gasteiger partial charge in [-0.15, -0.1) is 23.2 Å². The molecular weight excluding hydrogens is 387 g/mol. The van der Waals surface area contributed by atoms with Crippen LogP contribution >= 0.6 is 23.2 Å². The van der Waals surface area contributed by atoms with Gasteiger partial charge < -0.3 is 5.11 Å². The van der Waals surface area contributed by atoms with Crippen LogP contribution in [0.25, 0.3) is 0 Å². The van der Waals surface area contributed by atoms with Gasteiger partial charge in [0.05, 0.1) is 22.1 Å². The maximum absolute atomic E-state index is 13.1. The highest BCUT2D eigenvalue weighted by atomic mass is 35.5. The minimum Gasteiger partial charge on any atom is -0.389 e. The molecule has 4 rings (SSSR count). The van der Waals surface area contributed by atoms with E-state index < -0.39 is 22.3 Å². The monoisotopic (exact) mass is 412 g/mol. The van der Waals surface area contributed by atoms with Gasteiger partial charge in [-0.05, 0) is 62.4 Å². The lowest BCUT2D eigenvalue weighted by molar-refractivity contribution is -0.140. The first-order valence-electron chi connectivity index (χ1n) is 9.84. The van der Waals surface area contributed by atoms with Gasteiger partial charge in [0.25, 0.3) is 0 Å². The molecule has 4 nitrogen and oxygen atoms in total. The van der Waals surface area contributed by atoms with E-state index in [1.807, 2.05) is 6.92 Å². The summed E-state index contributed by atoms with van der Waals surface area (Å²) >= 11 is 14.3. The van der Waals surface area contributed by atoms with E-state index in [9.17, 15) is 19.5 Å². The highest BCUT2D eigenvalue weighted by molar-refractivity contribution is 6.35. The van der Waals surface area contributed by atoms with Crippen LogP contribution in [0.1, 0.15) is 52.4 Å². The fourth-order valence-corrected chi connectivity index (χ4v) is 8.29. The Bertz CT molecular complexity index is 761. The van der Waals surface area contributed by atoms with E-state index >= 15 is 0 Å². The van der Waals surface area contributed by atoms with E-state index in [4.69, 9.17) is 23.2 Å². The van der Waals surface area contributed by atoms with Crippen molar-refractivity contribution in [3.8, 4) is 0 Å². The topological polar surface area (TPSA) is 71.4 Å². The van der Waals surface area contributed by atoms with E-state index in [0.29, 0.717) is 12.8 Å². The number of hydrogen-bond acceptors (Lipinski definition) is 4. The summed E-state index contributed by atoms with van der Waals surface area (Å²) in [5, 5.41) is 8.93. The number of rotatable bonds is 2. The number of ketones is 3. The number of aliphatic hydroxyl groups is 1. The molecule has 4 aliphatic rings. The molecule has 6 heteroatoms. The van der Waals surface area contributed by atoms with E-state index in [-0.39, 0.29) is 46.9 Å². The van der Waals surface area contributed by atoms with Crippen LogP contribution in [0.3, 0.4) is 0 Å². The second kappa shape index (κ2) is 6.14. The summed E-state index contributed by atoms with van der Waals surface area (Å²) in [5.74, 6) is -0.394. The first kappa shape index (κ1) is 19.6. The zero-order chi connectivity index (χ0) is 19.8. The number of carbonyl (C=O) groups excluding carboxylic acids is 3. The molecule has 27 heavy (non-hydrogen) atoms. The van der Waals surface area contributed by atoms with Crippen molar-refractivity contribution >= 4 is 40.6 Å². The summed E-state index contributed by atoms with van der Waals surface area (Å²) in [7, 11) is 0. The minimum absolute atomic E-state index is 0.0104. The van der Waals surface area contributed by atoms with Gasteiger partial charge in [-0.25, -0.2) is 0 Å². The number of alkyl halides is 2. The number of aliphatic hydroxyl groups excluding tert-OH is 1. The summed E-state index contributed by atoms with van der Waals surface area (Å²) in [6, 6.07) is 0. The van der Waals surface area contributed by atoms with Crippen molar-refractivity contribution in [2.45, 2.75) is 62.6 Å². The van der Waals surface area contributed by atoms with E-state index in [0.717, 1.165) is 24.8 Å². The summed E-state index contributed by atoms with van der Waals surface area (Å²) < 4.78 is 0. The number of Topliss-reactive ketones (excluding diaryl/α,β-unsaturated/α-hetero) is 2. The molecule has 0 amide bonds. The Balaban J connectivity index is 1.81. The normalized spacial score (nSPS) is 49.1. The molecule has 1 N–H and O–H groups in total. The number of allylic oxidation sites excluding steroid dienone is 1. The third-order valence-corrected chi connectivity index (χ3v) is 9.95. The lowest BCUT2D eigenvalue weighted by Gasteiger charge is -2.63. The molecule has 148 valence electrons. The number of carbonyl (C=O) groups is 3. The maximum Gasteiger partial charge on any atom is 0.163 e. The van der Waals surface area contributed by atoms with Gasteiger partial charge in [-0.1, -0.05) is 12.5 Å². The molecule has 3 saturated carbocycles. The van der Waals surface area contributed by atoms with Crippen molar-refractivity contribution < 1.29 is 19.5 Å². The van der Waals surface area contributed by atoms with E-state index in [1.165, 1.54) is 0 Å². The summed E-state index contributed by atoms with van der Waals surface area (Å²) in [5.41, 5.74) is -0.413. The van der Waals surface area contributed by atoms with Crippen LogP contribution in [0.5, 0.6) is 0 Å². The van der Waals surface area contributed by atoms with Crippen molar-refractivity contribution in [2.24, 2.45) is 28.6 Å². The fraction of sp³-hybridized carbons (Fsp3) is 0.762. The molecule has 0 aromatic carbocycles. The zero-order valence-corrected chi connectivity index (χ0v) is 17.3. The number of fused-ring (bicyclic) bond motifs is 5. The first-order chi connectivity index (χ1) is 12.6. The van der Waals surface area contributed by atoms with Crippen molar-refractivity contribution in [1.29, 1.82) is 0 Å². The Morgan fingerprint density at radius 3 is 2.59 bits per heavy atom. The number of hydrogen-bond donors (Lipinski definition) is 1. The molecule has 0 spiro atoms. The lowest BCUT2D eigenvalue weighted by Crippen LogP contribution is -2.67. The largest absolute Gasteiger partial charge is 0.389 e. The maximum atomic E-state index is 13.1. The molecule has 0 heterocycles. The van der Waals surface area contributed by atoms with Crippen molar-refractivity contribution in [3.63, 3.8) is 0 Å². The highest BCUT2D eigenvalue weighted by Gasteiger charge is 2.71. The molecule has 0 saturated heterocycles. The molecular formula is C21H26Cl2O4. The standard InChI is InChI=1S/C21H26Cl2O4/c1-19-9-17(22)21(23)14(13(19)5-6-15(19)16(26)10-24)4-3-11-7-12(25)8-18(27)20(11,21)2/h7,13-15,17,24H,3-6,8-10H2,1-2H3/t13-,14-,15+,17?,19-,20+,21-/m0/s1. The van der Waals surface area contributed by atoms with Crippen LogP contribution in [0.2, 0.25) is 0 Å². The Labute approximate surface area is 169 Å². The van der Waals surface area contributed by atoms with Gasteiger partial charge in [0, 0.05) is 5.92 Å². The summed E-state index contributed by atoms with van der Waals surface area (Å²) in [6.45, 7) is 3.53. The third kappa shape index (κ3) is 2.30. The lowest BCUT2D eigenvalue weighted by atomic mass is 9.45. The van der Waals surface area contributed by atoms with Crippen LogP contribution in [-0.4, -0.2) is 39.3 Å². The summed E-state index contributed by atoms with van der Waals surface area (Å²) in [6.07, 6.45) is 5.08. The van der Waals surface area contributed by atoms with Crippen LogP contribution in [0.4, 0.5) is 0 Å². The third-order valence-electron chi connectivity index (χ3n) is 8.42. The zero-order valence-electron chi connectivity index (χ0n) is 15.8. The quantitative estimate of drug-likeness (QED) is 0.556. The molecule has 0 aromatic rings. The molecule has 0 aliphatic heterocycles. The second-order valence-electron chi connectivity index (χ2n) is 9.31. The minimum atomic E-state index is -0.947. The van der Waals surface area contributed by atoms with Gasteiger partial charge in [-0.2, -0.15) is 0 Å². The molecule has 7 atom stereocenters. The Hall–Kier alpha value is -0.710. The summed E-state index contributed by atoms with van der Waals surface area (Å²) in [4.78, 5) is 36.5. The van der Waals surface area contributed by atoms with Crippen molar-refractivity contribution in [2.75, 3.05) is 6.61 Å². The molecule has 3 fully saturated rings. The average molecular weight is 413 g/mol. The number of halogens is 2. The van der Waals surface area contributed by atoms with Gasteiger partial charge in [-0.3, -0.25) is 14.4 Å². The van der Waals surface area contributed by atoms with Gasteiger partial charge in [0.2, 0.25) is 0 Å². The Morgan fingerprint density at radius 2 is 1.93 bits per heavy atom. The smallest absolute Gasteiger partial charge is 0.163 e. The Morgan fingerprint density at radius 1 is 1.22 bits per heavy atom. The van der Waals surface area contributed by atoms with Crippen LogP contribution in [-0.2, 0) is 14.4 Å². The predicted molar refractivity (Wildman–Crippen MR) is 103 cm³/mol. The Kier molecular flexibility index (Phi) is 4.46. The van der Waals surface area contributed by atoms with E-state index in [2.05, 4.69) is 6.92 Å². The van der Waals surface area contributed by atoms with Crippen molar-refractivity contribution in [3.05, 3.63) is 11.6 Å². The van der Waals surface area contributed by atoms with Crippen molar-refractivity contribution in [1.82, 2.24) is 0 Å². The molecule has 0 aromatic heterocycles. The predicted octanol–water partition coefficient (Wildman–Crippen LogP) is 3.45. The first-order valence-corrected chi connectivity index (χ1v) is 10.7. The van der Waals surface area contributed by atoms with Gasteiger partial charge >= 0.3 is 0 Å². The molecule has 0 bridgehead atoms. The fourth-order valence-electron chi connectivity index (χ4n) is 7.01. The van der Waals surface area contributed by atoms with Gasteiger partial charge in [0.15, 0.2) is 17.3 Å². The van der Waals surface area contributed by atoms with E-state index in [1.54, 1.807) is 6.08 Å². The highest BCUT2D eigenvalue weighted by Crippen LogP contribution is 2.70. The van der Waals surface area contributed by atoms with Gasteiger partial charge in [0.1, 0.15) is 6.61 Å². The van der Waals surface area contributed by atoms with Crippen LogP contribution in [0, 0.1) is 28.6 Å². The molecule has 1 unspecified atom stereocenters. The molecule has 4 aliphatic carbocycles. The SMILES string of the molecule is C[C@]12CC(Cl)[C@@]3(Cl)[C@@H](CCC4=CC(=O)CC(=O)[C@@]43C)[C@@H]1CC[C@@H]2C(=O)CO. The van der Waals surface area contributed by atoms with Crippen LogP contribution < -0.4 is 0 Å². The molecule has 0 radical (unpaired) electrons.